The molecule has 0 radical (unpaired) electrons. The van der Waals surface area contributed by atoms with Crippen molar-refractivity contribution in [1.29, 1.82) is 0 Å². The van der Waals surface area contributed by atoms with Crippen LogP contribution in [0.15, 0.2) is 58.9 Å². The number of nitrogens with zero attached hydrogens (tertiary/aromatic N) is 1. The topological polar surface area (TPSA) is 58.9 Å². The molecule has 0 bridgehead atoms. The van der Waals surface area contributed by atoms with Crippen molar-refractivity contribution in [2.24, 2.45) is 4.99 Å². The van der Waals surface area contributed by atoms with Gasteiger partial charge in [-0.15, -0.1) is 11.3 Å². The lowest BCUT2D eigenvalue weighted by Gasteiger charge is -2.05. The second-order valence-corrected chi connectivity index (χ2v) is 6.67. The third-order valence-electron chi connectivity index (χ3n) is 3.65. The Hall–Kier alpha value is -2.63. The van der Waals surface area contributed by atoms with Gasteiger partial charge in [0.05, 0.1) is 6.61 Å². The number of esters is 1. The Morgan fingerprint density at radius 1 is 1.27 bits per heavy atom. The van der Waals surface area contributed by atoms with Crippen molar-refractivity contribution in [1.82, 2.24) is 0 Å². The third kappa shape index (κ3) is 3.95. The van der Waals surface area contributed by atoms with Gasteiger partial charge in [0, 0.05) is 27.7 Å². The number of rotatable bonds is 5. The van der Waals surface area contributed by atoms with E-state index in [1.165, 1.54) is 23.6 Å². The van der Waals surface area contributed by atoms with Crippen LogP contribution in [-0.4, -0.2) is 23.9 Å². The number of hydrogen-bond acceptors (Lipinski definition) is 5. The molecule has 0 aliphatic heterocycles. The zero-order valence-corrected chi connectivity index (χ0v) is 15.6. The number of phenols is 1. The number of benzene rings is 2. The molecule has 26 heavy (non-hydrogen) atoms. The van der Waals surface area contributed by atoms with E-state index in [0.29, 0.717) is 21.2 Å². The summed E-state index contributed by atoms with van der Waals surface area (Å²) < 4.78 is 5.21. The fourth-order valence-electron chi connectivity index (χ4n) is 2.43. The minimum atomic E-state index is -0.421. The van der Waals surface area contributed by atoms with Crippen LogP contribution in [0.2, 0.25) is 5.02 Å². The number of halogens is 1. The molecule has 1 aromatic heterocycles. The molecule has 0 unspecified atom stereocenters. The van der Waals surface area contributed by atoms with E-state index in [0.717, 1.165) is 11.1 Å². The van der Waals surface area contributed by atoms with Gasteiger partial charge in [-0.3, -0.25) is 0 Å². The molecular formula is C20H16ClNO3S. The fourth-order valence-corrected chi connectivity index (χ4v) is 3.52. The molecule has 0 saturated heterocycles. The number of hydrogen-bond donors (Lipinski definition) is 1. The summed E-state index contributed by atoms with van der Waals surface area (Å²) in [6.45, 7) is 2.04. The molecule has 1 heterocycles. The first kappa shape index (κ1) is 18.2. The highest BCUT2D eigenvalue weighted by Crippen LogP contribution is 2.38. The normalized spacial score (nSPS) is 11.0. The van der Waals surface area contributed by atoms with Gasteiger partial charge < -0.3 is 9.84 Å². The number of ether oxygens (including phenoxy) is 1. The number of aliphatic imine (C=N–C) groups is 1. The molecule has 132 valence electrons. The summed E-state index contributed by atoms with van der Waals surface area (Å²) in [6, 6.07) is 14.3. The number of phenolic OH excluding ortho intramolecular Hbond substituents is 1. The summed E-state index contributed by atoms with van der Waals surface area (Å²) in [5.74, 6) is -0.356. The maximum Gasteiger partial charge on any atom is 0.341 e. The van der Waals surface area contributed by atoms with Gasteiger partial charge in [-0.05, 0) is 30.7 Å². The highest BCUT2D eigenvalue weighted by atomic mass is 35.5. The lowest BCUT2D eigenvalue weighted by molar-refractivity contribution is 0.0529. The molecule has 0 saturated carbocycles. The van der Waals surface area contributed by atoms with E-state index in [1.807, 2.05) is 35.7 Å². The van der Waals surface area contributed by atoms with Gasteiger partial charge in [-0.25, -0.2) is 9.79 Å². The Bertz CT molecular complexity index is 951. The van der Waals surface area contributed by atoms with Gasteiger partial charge in [0.1, 0.15) is 16.3 Å². The minimum Gasteiger partial charge on any atom is -0.507 e. The smallest absolute Gasteiger partial charge is 0.341 e. The Morgan fingerprint density at radius 3 is 2.77 bits per heavy atom. The summed E-state index contributed by atoms with van der Waals surface area (Å²) >= 11 is 7.30. The van der Waals surface area contributed by atoms with E-state index in [9.17, 15) is 9.90 Å². The molecule has 0 atom stereocenters. The molecule has 6 heteroatoms. The van der Waals surface area contributed by atoms with Crippen molar-refractivity contribution in [3.05, 3.63) is 70.1 Å². The van der Waals surface area contributed by atoms with E-state index in [1.54, 1.807) is 19.1 Å². The number of carbonyl (C=O) groups is 1. The van der Waals surface area contributed by atoms with Crippen molar-refractivity contribution in [2.75, 3.05) is 6.61 Å². The highest BCUT2D eigenvalue weighted by molar-refractivity contribution is 7.14. The molecule has 0 spiro atoms. The van der Waals surface area contributed by atoms with Crippen LogP contribution in [0.25, 0.3) is 11.1 Å². The zero-order chi connectivity index (χ0) is 18.5. The van der Waals surface area contributed by atoms with Crippen LogP contribution in [0.4, 0.5) is 5.00 Å². The van der Waals surface area contributed by atoms with Crippen LogP contribution in [0, 0.1) is 0 Å². The molecule has 0 fully saturated rings. The summed E-state index contributed by atoms with van der Waals surface area (Å²) in [7, 11) is 0. The number of carbonyl (C=O) groups excluding carboxylic acids is 1. The SMILES string of the molecule is CCOC(=O)c1c(-c2ccccc2)csc1/N=C/c1cc(Cl)ccc1O. The van der Waals surface area contributed by atoms with Gasteiger partial charge in [0.25, 0.3) is 0 Å². The zero-order valence-electron chi connectivity index (χ0n) is 14.0. The monoisotopic (exact) mass is 385 g/mol. The first-order valence-corrected chi connectivity index (χ1v) is 9.22. The lowest BCUT2D eigenvalue weighted by atomic mass is 10.0. The van der Waals surface area contributed by atoms with Crippen LogP contribution in [0.5, 0.6) is 5.75 Å². The summed E-state index contributed by atoms with van der Waals surface area (Å²) in [5.41, 5.74) is 2.58. The van der Waals surface area contributed by atoms with E-state index < -0.39 is 5.97 Å². The number of thiophene rings is 1. The van der Waals surface area contributed by atoms with Crippen LogP contribution >= 0.6 is 22.9 Å². The van der Waals surface area contributed by atoms with Gasteiger partial charge in [-0.2, -0.15) is 0 Å². The van der Waals surface area contributed by atoms with E-state index in [-0.39, 0.29) is 12.4 Å². The van der Waals surface area contributed by atoms with Crippen molar-refractivity contribution in [3.8, 4) is 16.9 Å². The molecule has 2 aromatic carbocycles. The molecule has 3 rings (SSSR count). The lowest BCUT2D eigenvalue weighted by Crippen LogP contribution is -2.05. The second kappa shape index (κ2) is 8.17. The maximum atomic E-state index is 12.5. The first-order chi connectivity index (χ1) is 12.6. The minimum absolute atomic E-state index is 0.0654. The largest absolute Gasteiger partial charge is 0.507 e. The highest BCUT2D eigenvalue weighted by Gasteiger charge is 2.21. The average Bonchev–Trinajstić information content (AvgIpc) is 3.07. The Kier molecular flexibility index (Phi) is 5.71. The van der Waals surface area contributed by atoms with E-state index in [2.05, 4.69) is 4.99 Å². The second-order valence-electron chi connectivity index (χ2n) is 5.38. The van der Waals surface area contributed by atoms with E-state index >= 15 is 0 Å². The summed E-state index contributed by atoms with van der Waals surface area (Å²) in [6.07, 6.45) is 1.49. The Morgan fingerprint density at radius 2 is 2.04 bits per heavy atom. The Labute approximate surface area is 160 Å². The van der Waals surface area contributed by atoms with Crippen molar-refractivity contribution in [3.63, 3.8) is 0 Å². The summed E-state index contributed by atoms with van der Waals surface area (Å²) in [4.78, 5) is 16.9. The van der Waals surface area contributed by atoms with Crippen molar-refractivity contribution in [2.45, 2.75) is 6.92 Å². The third-order valence-corrected chi connectivity index (χ3v) is 4.77. The molecule has 3 aromatic rings. The van der Waals surface area contributed by atoms with Crippen molar-refractivity contribution >= 4 is 40.1 Å². The quantitative estimate of drug-likeness (QED) is 0.452. The van der Waals surface area contributed by atoms with Crippen LogP contribution in [0.3, 0.4) is 0 Å². The molecule has 0 aliphatic rings. The fraction of sp³-hybridized carbons (Fsp3) is 0.100. The predicted molar refractivity (Wildman–Crippen MR) is 106 cm³/mol. The van der Waals surface area contributed by atoms with Crippen LogP contribution in [0.1, 0.15) is 22.8 Å². The first-order valence-electron chi connectivity index (χ1n) is 7.96. The standard InChI is InChI=1S/C20H16ClNO3S/c1-2-25-20(24)18-16(13-6-4-3-5-7-13)12-26-19(18)22-11-14-10-15(21)8-9-17(14)23/h3-12,23H,2H2,1H3/b22-11+. The van der Waals surface area contributed by atoms with Crippen LogP contribution in [-0.2, 0) is 4.74 Å². The maximum absolute atomic E-state index is 12.5. The van der Waals surface area contributed by atoms with Gasteiger partial charge in [0.2, 0.25) is 0 Å². The average molecular weight is 386 g/mol. The summed E-state index contributed by atoms with van der Waals surface area (Å²) in [5, 5.41) is 12.8. The van der Waals surface area contributed by atoms with Gasteiger partial charge in [0.15, 0.2) is 0 Å². The van der Waals surface area contributed by atoms with Crippen molar-refractivity contribution < 1.29 is 14.6 Å². The molecule has 0 aliphatic carbocycles. The van der Waals surface area contributed by atoms with Gasteiger partial charge in [-0.1, -0.05) is 41.9 Å². The number of aromatic hydroxyl groups is 1. The molecule has 0 amide bonds. The Balaban J connectivity index is 2.04. The molecular weight excluding hydrogens is 370 g/mol. The predicted octanol–water partition coefficient (Wildman–Crippen LogP) is 5.70. The molecule has 4 nitrogen and oxygen atoms in total. The van der Waals surface area contributed by atoms with E-state index in [4.69, 9.17) is 16.3 Å². The van der Waals surface area contributed by atoms with Crippen LogP contribution < -0.4 is 0 Å². The molecule has 1 N–H and O–H groups in total. The van der Waals surface area contributed by atoms with Gasteiger partial charge >= 0.3 is 5.97 Å².